The Balaban J connectivity index is 0. The Morgan fingerprint density at radius 3 is 1.43 bits per heavy atom. The van der Waals surface area contributed by atoms with Crippen molar-refractivity contribution in [1.29, 1.82) is 0 Å². The number of hydrogen-bond acceptors (Lipinski definition) is 5. The molecule has 0 amide bonds. The van der Waals surface area contributed by atoms with Gasteiger partial charge in [-0.1, -0.05) is 41.5 Å². The lowest BCUT2D eigenvalue weighted by Gasteiger charge is -2.47. The molecule has 0 heterocycles. The molecule has 0 spiro atoms. The van der Waals surface area contributed by atoms with Crippen molar-refractivity contribution in [3.8, 4) is 0 Å². The highest BCUT2D eigenvalue weighted by Crippen LogP contribution is 2.44. The Morgan fingerprint density at radius 2 is 1.30 bits per heavy atom. The Kier molecular flexibility index (Phi) is 9.53. The van der Waals surface area contributed by atoms with Crippen molar-refractivity contribution >= 4 is 22.6 Å². The fraction of sp³-hybridized carbons (Fsp3) is 0.938. The third-order valence-electron chi connectivity index (χ3n) is 4.82. The predicted octanol–water partition coefficient (Wildman–Crippen LogP) is 3.49. The molecule has 5 nitrogen and oxygen atoms in total. The highest BCUT2D eigenvalue weighted by atomic mass is 28.4. The zero-order valence-corrected chi connectivity index (χ0v) is 19.0. The zero-order valence-electron chi connectivity index (χ0n) is 17.0. The monoisotopic (exact) mass is 365 g/mol. The first-order valence-corrected chi connectivity index (χ1v) is 13.9. The van der Waals surface area contributed by atoms with E-state index in [0.29, 0.717) is 10.1 Å². The SMILES string of the molecule is CC(C)(C)[Si](C)(C)O[Si](C)(C)C(C)(C)C.COC(=O)[C@@H](N)CO. The molecule has 0 saturated heterocycles. The third-order valence-corrected chi connectivity index (χ3v) is 16.1. The number of rotatable bonds is 4. The van der Waals surface area contributed by atoms with E-state index in [2.05, 4.69) is 72.5 Å². The molecule has 0 aliphatic rings. The molecule has 0 fully saturated rings. The molecule has 0 aromatic rings. The van der Waals surface area contributed by atoms with E-state index in [4.69, 9.17) is 15.0 Å². The predicted molar refractivity (Wildman–Crippen MR) is 103 cm³/mol. The van der Waals surface area contributed by atoms with Gasteiger partial charge in [0.15, 0.2) is 16.6 Å². The molecule has 140 valence electrons. The zero-order chi connectivity index (χ0) is 19.3. The first-order valence-electron chi connectivity index (χ1n) is 8.07. The van der Waals surface area contributed by atoms with Crippen molar-refractivity contribution < 1.29 is 18.8 Å². The summed E-state index contributed by atoms with van der Waals surface area (Å²) in [6.07, 6.45) is 0. The topological polar surface area (TPSA) is 81.8 Å². The summed E-state index contributed by atoms with van der Waals surface area (Å²) in [5.74, 6) is -0.590. The van der Waals surface area contributed by atoms with Gasteiger partial charge in [-0.3, -0.25) is 4.79 Å². The van der Waals surface area contributed by atoms with E-state index >= 15 is 0 Å². The van der Waals surface area contributed by atoms with Crippen LogP contribution in [0.4, 0.5) is 0 Å². The van der Waals surface area contributed by atoms with Crippen LogP contribution in [-0.4, -0.2) is 47.5 Å². The molecule has 0 saturated carbocycles. The van der Waals surface area contributed by atoms with Gasteiger partial charge in [0.05, 0.1) is 13.7 Å². The minimum absolute atomic E-state index is 0.322. The molecule has 1 atom stereocenters. The van der Waals surface area contributed by atoms with Crippen LogP contribution in [-0.2, 0) is 13.6 Å². The van der Waals surface area contributed by atoms with Gasteiger partial charge in [0.25, 0.3) is 0 Å². The number of esters is 1. The third kappa shape index (κ3) is 8.44. The van der Waals surface area contributed by atoms with Crippen molar-refractivity contribution in [2.24, 2.45) is 5.73 Å². The average molecular weight is 366 g/mol. The van der Waals surface area contributed by atoms with Gasteiger partial charge in [-0.05, 0) is 36.3 Å². The summed E-state index contributed by atoms with van der Waals surface area (Å²) >= 11 is 0. The Morgan fingerprint density at radius 1 is 1.00 bits per heavy atom. The number of methoxy groups -OCH3 is 1. The second-order valence-electron chi connectivity index (χ2n) is 8.93. The molecule has 0 aromatic carbocycles. The summed E-state index contributed by atoms with van der Waals surface area (Å²) in [4.78, 5) is 10.2. The minimum atomic E-state index is -1.59. The Labute approximate surface area is 145 Å². The summed E-state index contributed by atoms with van der Waals surface area (Å²) in [5, 5.41) is 8.85. The molecule has 0 aromatic heterocycles. The van der Waals surface area contributed by atoms with Crippen molar-refractivity contribution in [2.45, 2.75) is 83.8 Å². The molecule has 3 N–H and O–H groups in total. The van der Waals surface area contributed by atoms with Gasteiger partial charge in [0.1, 0.15) is 6.04 Å². The van der Waals surface area contributed by atoms with Crippen LogP contribution in [0, 0.1) is 0 Å². The molecule has 0 aliphatic carbocycles. The van der Waals surface area contributed by atoms with Gasteiger partial charge < -0.3 is 19.7 Å². The molecular formula is C16H39NO4Si2. The minimum Gasteiger partial charge on any atom is -0.468 e. The van der Waals surface area contributed by atoms with Crippen molar-refractivity contribution in [3.05, 3.63) is 0 Å². The van der Waals surface area contributed by atoms with Crippen LogP contribution >= 0.6 is 0 Å². The van der Waals surface area contributed by atoms with Gasteiger partial charge in [-0.2, -0.15) is 0 Å². The molecule has 0 bridgehead atoms. The van der Waals surface area contributed by atoms with Gasteiger partial charge in [-0.15, -0.1) is 0 Å². The van der Waals surface area contributed by atoms with Gasteiger partial charge in [-0.25, -0.2) is 0 Å². The maximum atomic E-state index is 10.2. The summed E-state index contributed by atoms with van der Waals surface area (Å²) in [5.41, 5.74) is 5.00. The van der Waals surface area contributed by atoms with Gasteiger partial charge in [0.2, 0.25) is 0 Å². The van der Waals surface area contributed by atoms with E-state index in [1.807, 2.05) is 0 Å². The first-order chi connectivity index (χ1) is 9.93. The molecular weight excluding hydrogens is 326 g/mol. The van der Waals surface area contributed by atoms with Crippen LogP contribution in [0.1, 0.15) is 41.5 Å². The van der Waals surface area contributed by atoms with E-state index in [1.54, 1.807) is 0 Å². The van der Waals surface area contributed by atoms with E-state index in [0.717, 1.165) is 0 Å². The molecule has 0 unspecified atom stereocenters. The molecule has 0 radical (unpaired) electrons. The lowest BCUT2D eigenvalue weighted by molar-refractivity contribution is -0.143. The number of aliphatic hydroxyl groups excluding tert-OH is 1. The van der Waals surface area contributed by atoms with Crippen LogP contribution < -0.4 is 5.73 Å². The molecule has 0 aliphatic heterocycles. The Bertz CT molecular complexity index is 347. The van der Waals surface area contributed by atoms with E-state index in [1.165, 1.54) is 7.11 Å². The van der Waals surface area contributed by atoms with Crippen LogP contribution in [0.3, 0.4) is 0 Å². The van der Waals surface area contributed by atoms with E-state index in [-0.39, 0.29) is 6.61 Å². The number of ether oxygens (including phenoxy) is 1. The number of aliphatic hydroxyl groups is 1. The fourth-order valence-electron chi connectivity index (χ4n) is 1.17. The fourth-order valence-corrected chi connectivity index (χ4v) is 8.72. The number of carbonyl (C=O) groups is 1. The lowest BCUT2D eigenvalue weighted by Crippen LogP contribution is -2.53. The lowest BCUT2D eigenvalue weighted by atomic mass is 10.2. The molecule has 7 heteroatoms. The second kappa shape index (κ2) is 8.76. The largest absolute Gasteiger partial charge is 0.468 e. The number of hydrogen-bond donors (Lipinski definition) is 2. The standard InChI is InChI=1S/C12H30OSi2.C4H9NO3/c1-11(2,3)14(7,8)13-15(9,10)12(4,5)6;1-8-4(7)3(5)2-6/h1-10H3;3,6H,2,5H2,1H3/t;3-/m.0/s1. The van der Waals surface area contributed by atoms with Gasteiger partial charge in [0, 0.05) is 0 Å². The smallest absolute Gasteiger partial charge is 0.325 e. The summed E-state index contributed by atoms with van der Waals surface area (Å²) in [7, 11) is -1.96. The number of nitrogens with two attached hydrogens (primary N) is 1. The second-order valence-corrected chi connectivity index (χ2v) is 18.8. The Hall–Kier alpha value is -0.216. The molecule has 23 heavy (non-hydrogen) atoms. The van der Waals surface area contributed by atoms with Crippen LogP contribution in [0.2, 0.25) is 36.3 Å². The molecule has 0 rings (SSSR count). The summed E-state index contributed by atoms with van der Waals surface area (Å²) in [6, 6.07) is -0.889. The maximum absolute atomic E-state index is 10.2. The highest BCUT2D eigenvalue weighted by molar-refractivity contribution is 6.87. The summed E-state index contributed by atoms with van der Waals surface area (Å²) in [6.45, 7) is 22.9. The normalized spacial score (nSPS) is 14.7. The van der Waals surface area contributed by atoms with Crippen molar-refractivity contribution in [1.82, 2.24) is 0 Å². The maximum Gasteiger partial charge on any atom is 0.325 e. The quantitative estimate of drug-likeness (QED) is 0.588. The van der Waals surface area contributed by atoms with Crippen molar-refractivity contribution in [3.63, 3.8) is 0 Å². The first kappa shape index (κ1) is 25.0. The summed E-state index contributed by atoms with van der Waals surface area (Å²) < 4.78 is 10.8. The average Bonchev–Trinajstić information content (AvgIpc) is 2.33. The van der Waals surface area contributed by atoms with E-state index in [9.17, 15) is 4.79 Å². The van der Waals surface area contributed by atoms with Crippen LogP contribution in [0.25, 0.3) is 0 Å². The van der Waals surface area contributed by atoms with Crippen molar-refractivity contribution in [2.75, 3.05) is 13.7 Å². The van der Waals surface area contributed by atoms with Gasteiger partial charge >= 0.3 is 5.97 Å². The highest BCUT2D eigenvalue weighted by Gasteiger charge is 2.46. The van der Waals surface area contributed by atoms with Crippen LogP contribution in [0.5, 0.6) is 0 Å². The van der Waals surface area contributed by atoms with Crippen LogP contribution in [0.15, 0.2) is 0 Å². The van der Waals surface area contributed by atoms with E-state index < -0.39 is 28.6 Å². The number of carbonyl (C=O) groups excluding carboxylic acids is 1.